The number of hydrogen-bond acceptors (Lipinski definition) is 7. The van der Waals surface area contributed by atoms with Gasteiger partial charge in [-0.1, -0.05) is 113 Å². The smallest absolute Gasteiger partial charge is 0.316 e. The molecule has 0 radical (unpaired) electrons. The summed E-state index contributed by atoms with van der Waals surface area (Å²) >= 11 is 1.60. The monoisotopic (exact) mass is 818 g/mol. The third-order valence-corrected chi connectivity index (χ3v) is 8.66. The van der Waals surface area contributed by atoms with Crippen molar-refractivity contribution in [3.8, 4) is 17.2 Å². The van der Waals surface area contributed by atoms with E-state index >= 15 is 0 Å². The minimum atomic E-state index is -0.176. The maximum Gasteiger partial charge on any atom is 0.316 e. The number of H-pyrrole nitrogens is 2. The Kier molecular flexibility index (Phi) is 26.1. The molecule has 3 aromatic heterocycles. The molecule has 2 amide bonds. The van der Waals surface area contributed by atoms with Crippen LogP contribution in [0.1, 0.15) is 87.9 Å². The Labute approximate surface area is 354 Å². The maximum atomic E-state index is 13.2. The van der Waals surface area contributed by atoms with Crippen LogP contribution in [0.15, 0.2) is 127 Å². The Morgan fingerprint density at radius 3 is 2.22 bits per heavy atom. The molecule has 0 atom stereocenters. The van der Waals surface area contributed by atoms with Gasteiger partial charge in [-0.2, -0.15) is 5.26 Å². The molecular formula is C47H60N7O4S+. The maximum absolute atomic E-state index is 13.2. The van der Waals surface area contributed by atoms with Gasteiger partial charge in [0.05, 0.1) is 42.5 Å². The highest BCUT2D eigenvalue weighted by atomic mass is 32.1. The number of anilines is 1. The Morgan fingerprint density at radius 1 is 0.983 bits per heavy atom. The SMILES string of the molecule is C/C=C/C.CC.CC.CC/C=C\CC#N.CO[N+](=O)c1ccc(C)cc1.O=CN(Cc1cnc[nH]1)c1ccc2[nH]c(C(=O)NCc3cccs3)c(-c3ccccc3)c2c1. The number of amides is 2. The summed E-state index contributed by atoms with van der Waals surface area (Å²) in [5, 5.41) is 13.9. The van der Waals surface area contributed by atoms with E-state index in [-0.39, 0.29) is 5.91 Å². The fourth-order valence-electron chi connectivity index (χ4n) is 4.92. The number of nitrogens with one attached hydrogen (secondary N) is 3. The number of allylic oxidation sites excluding steroid dienone is 4. The van der Waals surface area contributed by atoms with Crippen LogP contribution in [-0.2, 0) is 22.7 Å². The molecule has 3 N–H and O–H groups in total. The summed E-state index contributed by atoms with van der Waals surface area (Å²) in [5.41, 5.74) is 6.25. The van der Waals surface area contributed by atoms with Crippen LogP contribution in [0.3, 0.4) is 0 Å². The minimum Gasteiger partial charge on any atom is -0.350 e. The second-order valence-corrected chi connectivity index (χ2v) is 12.8. The molecule has 0 unspecified atom stereocenters. The largest absolute Gasteiger partial charge is 0.350 e. The van der Waals surface area contributed by atoms with Crippen molar-refractivity contribution in [2.45, 2.75) is 81.3 Å². The average molecular weight is 819 g/mol. The fraction of sp³-hybridized carbons (Fsp3) is 0.277. The van der Waals surface area contributed by atoms with Gasteiger partial charge in [-0.25, -0.2) is 9.82 Å². The second kappa shape index (κ2) is 30.5. The van der Waals surface area contributed by atoms with Gasteiger partial charge in [0.1, 0.15) is 5.69 Å². The van der Waals surface area contributed by atoms with E-state index in [2.05, 4.69) is 25.1 Å². The zero-order chi connectivity index (χ0) is 43.8. The summed E-state index contributed by atoms with van der Waals surface area (Å²) in [6.45, 7) is 16.8. The number of nitriles is 1. The Bertz CT molecular complexity index is 2130. The van der Waals surface area contributed by atoms with E-state index in [1.165, 1.54) is 7.11 Å². The van der Waals surface area contributed by atoms with E-state index in [1.54, 1.807) is 40.9 Å². The van der Waals surface area contributed by atoms with Gasteiger partial charge in [-0.05, 0) is 62.4 Å². The normalized spacial score (nSPS) is 9.76. The molecule has 3 aromatic carbocycles. The van der Waals surface area contributed by atoms with E-state index in [0.29, 0.717) is 35.8 Å². The third kappa shape index (κ3) is 17.6. The van der Waals surface area contributed by atoms with Crippen molar-refractivity contribution in [1.82, 2.24) is 20.3 Å². The number of aryl methyl sites for hydroxylation is 1. The number of carbonyl (C=O) groups is 2. The van der Waals surface area contributed by atoms with Crippen LogP contribution in [0.25, 0.3) is 22.0 Å². The van der Waals surface area contributed by atoms with Crippen molar-refractivity contribution >= 4 is 45.9 Å². The van der Waals surface area contributed by atoms with Crippen molar-refractivity contribution in [3.05, 3.63) is 154 Å². The summed E-state index contributed by atoms with van der Waals surface area (Å²) in [4.78, 5) is 53.8. The van der Waals surface area contributed by atoms with Crippen molar-refractivity contribution < 1.29 is 19.3 Å². The lowest BCUT2D eigenvalue weighted by molar-refractivity contribution is -0.736. The summed E-state index contributed by atoms with van der Waals surface area (Å²) in [6, 6.07) is 28.6. The Hall–Kier alpha value is -6.58. The number of hydrogen-bond donors (Lipinski definition) is 3. The van der Waals surface area contributed by atoms with Gasteiger partial charge in [-0.15, -0.1) is 11.3 Å². The van der Waals surface area contributed by atoms with Gasteiger partial charge < -0.3 is 20.2 Å². The van der Waals surface area contributed by atoms with Gasteiger partial charge in [0, 0.05) is 45.4 Å². The highest BCUT2D eigenvalue weighted by molar-refractivity contribution is 7.09. The first-order valence-electron chi connectivity index (χ1n) is 19.7. The molecule has 6 aromatic rings. The van der Waals surface area contributed by atoms with E-state index in [1.807, 2.05) is 164 Å². The van der Waals surface area contributed by atoms with E-state index < -0.39 is 0 Å². The Morgan fingerprint density at radius 2 is 1.68 bits per heavy atom. The van der Waals surface area contributed by atoms with Crippen LogP contribution in [0.4, 0.5) is 11.4 Å². The van der Waals surface area contributed by atoms with E-state index in [9.17, 15) is 14.5 Å². The summed E-state index contributed by atoms with van der Waals surface area (Å²) in [6.07, 6.45) is 13.5. The summed E-state index contributed by atoms with van der Waals surface area (Å²) < 4.78 is 0. The summed E-state index contributed by atoms with van der Waals surface area (Å²) in [5.74, 6) is -0.176. The predicted octanol–water partition coefficient (Wildman–Crippen LogP) is 12.2. The molecule has 3 heterocycles. The number of carbonyl (C=O) groups excluding carboxylic acids is 2. The Balaban J connectivity index is 0.000000548. The lowest BCUT2D eigenvalue weighted by Crippen LogP contribution is -2.23. The van der Waals surface area contributed by atoms with Gasteiger partial charge in [-0.3, -0.25) is 9.59 Å². The molecule has 0 aliphatic carbocycles. The number of imidazole rings is 1. The molecule has 6 rings (SSSR count). The first-order chi connectivity index (χ1) is 28.8. The molecule has 0 saturated carbocycles. The highest BCUT2D eigenvalue weighted by Crippen LogP contribution is 2.35. The fourth-order valence-corrected chi connectivity index (χ4v) is 5.57. The van der Waals surface area contributed by atoms with Gasteiger partial charge >= 0.3 is 5.69 Å². The van der Waals surface area contributed by atoms with Crippen LogP contribution in [0, 0.1) is 23.2 Å². The molecule has 0 fully saturated rings. The molecule has 0 bridgehead atoms. The van der Waals surface area contributed by atoms with Gasteiger partial charge in [0.25, 0.3) is 10.8 Å². The zero-order valence-corrected chi connectivity index (χ0v) is 36.7. The molecule has 0 spiro atoms. The molecule has 11 nitrogen and oxygen atoms in total. The average Bonchev–Trinajstić information content (AvgIpc) is 4.09. The van der Waals surface area contributed by atoms with Crippen LogP contribution < -0.4 is 10.2 Å². The molecule has 0 saturated heterocycles. The van der Waals surface area contributed by atoms with Gasteiger partial charge in [0.15, 0.2) is 7.11 Å². The van der Waals surface area contributed by atoms with Crippen LogP contribution in [0.2, 0.25) is 0 Å². The second-order valence-electron chi connectivity index (χ2n) is 11.7. The number of fused-ring (bicyclic) bond motifs is 1. The molecule has 0 aliphatic heterocycles. The van der Waals surface area contributed by atoms with Crippen LogP contribution in [-0.4, -0.2) is 39.3 Å². The topological polar surface area (TPSA) is 147 Å². The molecule has 12 heteroatoms. The number of aromatic nitrogens is 3. The first kappa shape index (κ1) is 50.4. The lowest BCUT2D eigenvalue weighted by atomic mass is 10.0. The van der Waals surface area contributed by atoms with E-state index in [0.717, 1.165) is 56.7 Å². The standard InChI is InChI=1S/C25H21N5O2S.C8H10NO2.C6H9N.C4H8.2C2H6/c31-16-30(14-18-12-26-15-28-18)19-8-9-22-21(11-19)23(17-5-2-1-3-6-17)24(29-22)25(32)27-13-20-7-4-10-33-20;1-7-3-5-8(6-4-7)9(10)11-2;1-2-3-4-5-6-7;1-3-4-2;2*1-2/h1-12,15-16,29H,13-14H2,(H,26,28)(H,27,32);3-6H,1-2H3;3-4H,2,5H2,1H3;3-4H,1-2H3;2*1-2H3/q;+1;;;;/b;;4-3-;4-3+;;. The number of thiophene rings is 1. The number of nitrogens with zero attached hydrogens (tertiary/aromatic N) is 4. The molecule has 312 valence electrons. The first-order valence-corrected chi connectivity index (χ1v) is 20.6. The number of rotatable bonds is 12. The minimum absolute atomic E-state index is 0.176. The molecule has 0 aliphatic rings. The predicted molar refractivity (Wildman–Crippen MR) is 244 cm³/mol. The van der Waals surface area contributed by atoms with Crippen molar-refractivity contribution in [2.24, 2.45) is 0 Å². The zero-order valence-electron chi connectivity index (χ0n) is 35.9. The van der Waals surface area contributed by atoms with Crippen LogP contribution in [0.5, 0.6) is 0 Å². The molecule has 59 heavy (non-hydrogen) atoms. The van der Waals surface area contributed by atoms with Crippen molar-refractivity contribution in [3.63, 3.8) is 0 Å². The highest BCUT2D eigenvalue weighted by Gasteiger charge is 2.21. The summed E-state index contributed by atoms with van der Waals surface area (Å²) in [7, 11) is 1.34. The lowest BCUT2D eigenvalue weighted by Gasteiger charge is -2.17. The van der Waals surface area contributed by atoms with Crippen LogP contribution >= 0.6 is 11.3 Å². The number of benzene rings is 3. The van der Waals surface area contributed by atoms with Gasteiger partial charge in [0.2, 0.25) is 6.41 Å². The number of aromatic amines is 2. The molecular weight excluding hydrogens is 759 g/mol. The van der Waals surface area contributed by atoms with Crippen molar-refractivity contribution in [1.29, 1.82) is 5.26 Å². The van der Waals surface area contributed by atoms with E-state index in [4.69, 9.17) is 5.26 Å². The third-order valence-electron chi connectivity index (χ3n) is 7.78. The van der Waals surface area contributed by atoms with Crippen molar-refractivity contribution in [2.75, 3.05) is 12.0 Å². The quantitative estimate of drug-likeness (QED) is 0.0636.